The van der Waals surface area contributed by atoms with E-state index in [1.165, 1.54) is 64.7 Å². The van der Waals surface area contributed by atoms with E-state index in [0.717, 1.165) is 6.42 Å². The van der Waals surface area contributed by atoms with Crippen molar-refractivity contribution in [3.63, 3.8) is 0 Å². The van der Waals surface area contributed by atoms with Gasteiger partial charge in [0.25, 0.3) is 0 Å². The van der Waals surface area contributed by atoms with Crippen molar-refractivity contribution in [2.24, 2.45) is 0 Å². The summed E-state index contributed by atoms with van der Waals surface area (Å²) in [5.74, 6) is 0.680. The minimum absolute atomic E-state index is 0.610. The second-order valence-electron chi connectivity index (χ2n) is 6.58. The zero-order valence-corrected chi connectivity index (χ0v) is 16.3. The van der Waals surface area contributed by atoms with Crippen LogP contribution in [0.15, 0.2) is 0 Å². The molecule has 0 bridgehead atoms. The molecule has 1 fully saturated rings. The number of carbonyl (C=O) groups excluding carboxylic acids is 1. The van der Waals surface area contributed by atoms with Crippen LogP contribution in [0.25, 0.3) is 0 Å². The van der Waals surface area contributed by atoms with Gasteiger partial charge in [0, 0.05) is 0 Å². The molecular formula is C17H34OSn. The van der Waals surface area contributed by atoms with Gasteiger partial charge in [-0.1, -0.05) is 0 Å². The van der Waals surface area contributed by atoms with Crippen LogP contribution >= 0.6 is 0 Å². The Hall–Kier alpha value is 0.469. The van der Waals surface area contributed by atoms with E-state index in [0.29, 0.717) is 9.72 Å². The van der Waals surface area contributed by atoms with Gasteiger partial charge < -0.3 is 0 Å². The maximum atomic E-state index is 12.4. The SMILES string of the molecule is CCC[CH2][Sn]([CH2]CCC)([CH2]CCC)[CH]1CCCC1=O. The summed E-state index contributed by atoms with van der Waals surface area (Å²) in [5.41, 5.74) is 0. The quantitative estimate of drug-likeness (QED) is 0.432. The summed E-state index contributed by atoms with van der Waals surface area (Å²) < 4.78 is 5.11. The van der Waals surface area contributed by atoms with Crippen LogP contribution in [-0.2, 0) is 4.79 Å². The second kappa shape index (κ2) is 9.41. The number of hydrogen-bond acceptors (Lipinski definition) is 1. The van der Waals surface area contributed by atoms with Gasteiger partial charge in [-0.05, 0) is 0 Å². The predicted octanol–water partition coefficient (Wildman–Crippen LogP) is 5.96. The molecule has 0 aromatic heterocycles. The van der Waals surface area contributed by atoms with Gasteiger partial charge in [-0.2, -0.15) is 0 Å². The Morgan fingerprint density at radius 2 is 1.42 bits per heavy atom. The van der Waals surface area contributed by atoms with Crippen molar-refractivity contribution in [2.45, 2.75) is 95.8 Å². The molecule has 1 nitrogen and oxygen atoms in total. The molecule has 19 heavy (non-hydrogen) atoms. The molecule has 0 amide bonds. The van der Waals surface area contributed by atoms with Gasteiger partial charge in [0.15, 0.2) is 0 Å². The normalized spacial score (nSPS) is 20.2. The Bertz CT molecular complexity index is 240. The number of Topliss-reactive ketones (excluding diaryl/α,β-unsaturated/α-hetero) is 1. The van der Waals surface area contributed by atoms with Gasteiger partial charge in [-0.15, -0.1) is 0 Å². The van der Waals surface area contributed by atoms with E-state index in [1.807, 2.05) is 0 Å². The first-order valence-corrected chi connectivity index (χ1v) is 16.4. The van der Waals surface area contributed by atoms with Gasteiger partial charge in [-0.25, -0.2) is 0 Å². The molecule has 1 saturated carbocycles. The summed E-state index contributed by atoms with van der Waals surface area (Å²) in [4.78, 5) is 12.4. The molecule has 1 aliphatic rings. The van der Waals surface area contributed by atoms with Gasteiger partial charge in [0.2, 0.25) is 0 Å². The standard InChI is InChI=1S/C5H7O.3C4H9.Sn/c6-5-3-1-2-4-5;3*1-3-4-2;/h3H,1-2,4H2;3*1,3-4H2,2H3;. The molecule has 0 heterocycles. The zero-order chi connectivity index (χ0) is 14.1. The van der Waals surface area contributed by atoms with Gasteiger partial charge in [-0.3, -0.25) is 0 Å². The van der Waals surface area contributed by atoms with E-state index in [9.17, 15) is 4.79 Å². The third kappa shape index (κ3) is 5.06. The van der Waals surface area contributed by atoms with E-state index in [-0.39, 0.29) is 0 Å². The molecule has 112 valence electrons. The van der Waals surface area contributed by atoms with Crippen LogP contribution < -0.4 is 0 Å². The van der Waals surface area contributed by atoms with E-state index in [4.69, 9.17) is 0 Å². The van der Waals surface area contributed by atoms with Crippen molar-refractivity contribution in [3.05, 3.63) is 0 Å². The van der Waals surface area contributed by atoms with Crippen LogP contribution in [0.4, 0.5) is 0 Å². The fourth-order valence-corrected chi connectivity index (χ4v) is 22.8. The monoisotopic (exact) mass is 374 g/mol. The summed E-state index contributed by atoms with van der Waals surface area (Å²) in [7, 11) is 0. The molecule has 1 rings (SSSR count). The van der Waals surface area contributed by atoms with Crippen molar-refractivity contribution in [1.82, 2.24) is 0 Å². The van der Waals surface area contributed by atoms with Gasteiger partial charge >= 0.3 is 125 Å². The van der Waals surface area contributed by atoms with Crippen LogP contribution in [0.3, 0.4) is 0 Å². The fourth-order valence-electron chi connectivity index (χ4n) is 3.95. The third-order valence-corrected chi connectivity index (χ3v) is 22.6. The first-order valence-electron chi connectivity index (χ1n) is 8.73. The number of hydrogen-bond donors (Lipinski definition) is 0. The molecule has 0 radical (unpaired) electrons. The maximum absolute atomic E-state index is 12.4. The van der Waals surface area contributed by atoms with Crippen molar-refractivity contribution in [1.29, 1.82) is 0 Å². The average molecular weight is 373 g/mol. The second-order valence-corrected chi connectivity index (χ2v) is 20.6. The number of rotatable bonds is 10. The fraction of sp³-hybridized carbons (Fsp3) is 0.941. The number of ketones is 1. The number of unbranched alkanes of at least 4 members (excludes halogenated alkanes) is 3. The molecule has 1 atom stereocenters. The van der Waals surface area contributed by atoms with E-state index in [2.05, 4.69) is 20.8 Å². The van der Waals surface area contributed by atoms with E-state index >= 15 is 0 Å². The third-order valence-electron chi connectivity index (χ3n) is 5.13. The van der Waals surface area contributed by atoms with Crippen LogP contribution in [-0.4, -0.2) is 24.2 Å². The molecule has 0 aliphatic heterocycles. The van der Waals surface area contributed by atoms with E-state index in [1.54, 1.807) is 0 Å². The van der Waals surface area contributed by atoms with Crippen molar-refractivity contribution in [3.8, 4) is 0 Å². The molecule has 0 aromatic rings. The Balaban J connectivity index is 2.83. The number of carbonyl (C=O) groups is 1. The summed E-state index contributed by atoms with van der Waals surface area (Å²) >= 11 is -2.21. The molecule has 0 saturated heterocycles. The summed E-state index contributed by atoms with van der Waals surface area (Å²) in [5, 5.41) is 0. The zero-order valence-electron chi connectivity index (χ0n) is 13.5. The molecule has 0 spiro atoms. The molecule has 1 aliphatic carbocycles. The molecule has 0 aromatic carbocycles. The van der Waals surface area contributed by atoms with Crippen LogP contribution in [0, 0.1) is 0 Å². The predicted molar refractivity (Wildman–Crippen MR) is 87.5 cm³/mol. The topological polar surface area (TPSA) is 17.1 Å². The average Bonchev–Trinajstić information content (AvgIpc) is 2.85. The Morgan fingerprint density at radius 3 is 1.74 bits per heavy atom. The van der Waals surface area contributed by atoms with Crippen molar-refractivity contribution >= 4 is 24.2 Å². The first kappa shape index (κ1) is 17.5. The molecule has 2 heteroatoms. The van der Waals surface area contributed by atoms with E-state index < -0.39 is 18.4 Å². The molecule has 1 unspecified atom stereocenters. The van der Waals surface area contributed by atoms with Crippen LogP contribution in [0.5, 0.6) is 0 Å². The van der Waals surface area contributed by atoms with Crippen LogP contribution in [0.2, 0.25) is 17.2 Å². The van der Waals surface area contributed by atoms with Crippen LogP contribution in [0.1, 0.15) is 78.6 Å². The molecule has 0 N–H and O–H groups in total. The summed E-state index contributed by atoms with van der Waals surface area (Å²) in [6.45, 7) is 6.94. The Morgan fingerprint density at radius 1 is 0.947 bits per heavy atom. The summed E-state index contributed by atoms with van der Waals surface area (Å²) in [6, 6.07) is 0. The Kier molecular flexibility index (Phi) is 8.68. The first-order chi connectivity index (χ1) is 9.20. The summed E-state index contributed by atoms with van der Waals surface area (Å²) in [6.07, 6.45) is 11.5. The van der Waals surface area contributed by atoms with Gasteiger partial charge in [0.1, 0.15) is 0 Å². The molecular weight excluding hydrogens is 339 g/mol. The van der Waals surface area contributed by atoms with Crippen molar-refractivity contribution < 1.29 is 4.79 Å². The van der Waals surface area contributed by atoms with Gasteiger partial charge in [0.05, 0.1) is 0 Å². The Labute approximate surface area is 124 Å². The van der Waals surface area contributed by atoms with Crippen molar-refractivity contribution in [2.75, 3.05) is 0 Å². The minimum atomic E-state index is -2.21.